The molecule has 3 aliphatic rings. The number of carbonyl (C=O) groups is 2. The smallest absolute Gasteiger partial charge is 0.222 e. The highest BCUT2D eigenvalue weighted by molar-refractivity contribution is 5.76. The molecule has 9 nitrogen and oxygen atoms in total. The standard InChI is InChI=1S/C41H63N7O2/c1-6-7-8-13-22-44-26-28-45(29-27-44)23-14-12-17-41(50)46-24-21-40-39(31-46)42-34(4)48(40)33(3)30-37-19-18-32(2)47(37)25-20-38(43-35(5)49)36-15-10-9-11-16-36/h1,9-11,15-16,32-33,37-38H,7-8,12-14,17-31H2,2-5H3,(H,43,49). The molecule has 0 bridgehead atoms. The van der Waals surface area contributed by atoms with Crippen LogP contribution in [0.25, 0.3) is 0 Å². The number of amides is 2. The number of likely N-dealkylation sites (tertiary alicyclic amines) is 1. The number of unbranched alkanes of at least 4 members (excludes halogenated alkanes) is 3. The number of terminal acetylenes is 1. The first-order valence-electron chi connectivity index (χ1n) is 19.5. The van der Waals surface area contributed by atoms with Crippen LogP contribution in [0.15, 0.2) is 30.3 Å². The molecule has 50 heavy (non-hydrogen) atoms. The Morgan fingerprint density at radius 1 is 0.980 bits per heavy atom. The molecule has 0 spiro atoms. The molecule has 3 aliphatic heterocycles. The molecule has 0 saturated carbocycles. The number of hydrogen-bond acceptors (Lipinski definition) is 6. The topological polar surface area (TPSA) is 77.0 Å². The van der Waals surface area contributed by atoms with E-state index in [2.05, 4.69) is 63.4 Å². The average molecular weight is 686 g/mol. The van der Waals surface area contributed by atoms with Gasteiger partial charge < -0.3 is 24.6 Å². The minimum absolute atomic E-state index is 0.0166. The second kappa shape index (κ2) is 18.9. The van der Waals surface area contributed by atoms with Crippen LogP contribution < -0.4 is 5.32 Å². The lowest BCUT2D eigenvalue weighted by molar-refractivity contribution is -0.132. The highest BCUT2D eigenvalue weighted by Crippen LogP contribution is 2.33. The molecule has 274 valence electrons. The van der Waals surface area contributed by atoms with Gasteiger partial charge in [-0.2, -0.15) is 0 Å². The lowest BCUT2D eigenvalue weighted by Crippen LogP contribution is -2.46. The van der Waals surface area contributed by atoms with Gasteiger partial charge in [-0.1, -0.05) is 30.3 Å². The van der Waals surface area contributed by atoms with Gasteiger partial charge in [-0.25, -0.2) is 4.98 Å². The van der Waals surface area contributed by atoms with Gasteiger partial charge >= 0.3 is 0 Å². The second-order valence-corrected chi connectivity index (χ2v) is 15.1. The fourth-order valence-electron chi connectivity index (χ4n) is 8.72. The molecule has 1 aromatic carbocycles. The summed E-state index contributed by atoms with van der Waals surface area (Å²) < 4.78 is 2.47. The maximum Gasteiger partial charge on any atom is 0.222 e. The number of carbonyl (C=O) groups excluding carboxylic acids is 2. The monoisotopic (exact) mass is 686 g/mol. The number of nitrogens with zero attached hydrogens (tertiary/aromatic N) is 6. The van der Waals surface area contributed by atoms with Crippen molar-refractivity contribution in [3.8, 4) is 12.3 Å². The van der Waals surface area contributed by atoms with Gasteiger partial charge in [0.15, 0.2) is 0 Å². The van der Waals surface area contributed by atoms with E-state index in [1.54, 1.807) is 6.92 Å². The van der Waals surface area contributed by atoms with Crippen LogP contribution in [-0.2, 0) is 22.6 Å². The molecule has 2 fully saturated rings. The van der Waals surface area contributed by atoms with Gasteiger partial charge in [0.05, 0.1) is 18.3 Å². The number of benzene rings is 1. The summed E-state index contributed by atoms with van der Waals surface area (Å²) in [6.45, 7) is 17.6. The van der Waals surface area contributed by atoms with E-state index < -0.39 is 0 Å². The minimum atomic E-state index is 0.0166. The Hall–Kier alpha value is -3.19. The summed E-state index contributed by atoms with van der Waals surface area (Å²) in [5.74, 6) is 4.10. The summed E-state index contributed by atoms with van der Waals surface area (Å²) in [7, 11) is 0. The van der Waals surface area contributed by atoms with Crippen molar-refractivity contribution in [3.05, 3.63) is 53.1 Å². The lowest BCUT2D eigenvalue weighted by atomic mass is 10.0. The molecular weight excluding hydrogens is 622 g/mol. The van der Waals surface area contributed by atoms with E-state index in [0.717, 1.165) is 109 Å². The van der Waals surface area contributed by atoms with Crippen molar-refractivity contribution in [3.63, 3.8) is 0 Å². The third kappa shape index (κ3) is 10.4. The lowest BCUT2D eigenvalue weighted by Gasteiger charge is -2.34. The summed E-state index contributed by atoms with van der Waals surface area (Å²) in [6.07, 6.45) is 16.5. The number of nitrogens with one attached hydrogen (secondary N) is 1. The van der Waals surface area contributed by atoms with Crippen LogP contribution in [0.1, 0.15) is 120 Å². The van der Waals surface area contributed by atoms with Crippen molar-refractivity contribution in [2.75, 3.05) is 52.4 Å². The Labute approximate surface area is 302 Å². The average Bonchev–Trinajstić information content (AvgIpc) is 3.64. The Morgan fingerprint density at radius 2 is 1.68 bits per heavy atom. The highest BCUT2D eigenvalue weighted by Gasteiger charge is 2.34. The first-order chi connectivity index (χ1) is 24.2. The van der Waals surface area contributed by atoms with Gasteiger partial charge in [0.2, 0.25) is 11.8 Å². The van der Waals surface area contributed by atoms with Gasteiger partial charge in [0.25, 0.3) is 0 Å². The van der Waals surface area contributed by atoms with Gasteiger partial charge in [-0.05, 0) is 90.8 Å². The van der Waals surface area contributed by atoms with Crippen LogP contribution in [0, 0.1) is 19.3 Å². The molecule has 1 N–H and O–H groups in total. The first-order valence-corrected chi connectivity index (χ1v) is 19.5. The van der Waals surface area contributed by atoms with Crippen molar-refractivity contribution in [2.24, 2.45) is 0 Å². The number of piperazine rings is 1. The van der Waals surface area contributed by atoms with Crippen LogP contribution in [0.4, 0.5) is 0 Å². The highest BCUT2D eigenvalue weighted by atomic mass is 16.2. The summed E-state index contributed by atoms with van der Waals surface area (Å²) in [6, 6.07) is 11.7. The van der Waals surface area contributed by atoms with Crippen LogP contribution in [0.5, 0.6) is 0 Å². The molecule has 5 rings (SSSR count). The van der Waals surface area contributed by atoms with E-state index in [1.165, 1.54) is 30.5 Å². The van der Waals surface area contributed by atoms with Crippen LogP contribution in [0.3, 0.4) is 0 Å². The number of aryl methyl sites for hydroxylation is 1. The van der Waals surface area contributed by atoms with E-state index in [-0.39, 0.29) is 17.9 Å². The fourth-order valence-corrected chi connectivity index (χ4v) is 8.72. The molecule has 2 aromatic rings. The van der Waals surface area contributed by atoms with Gasteiger partial charge in [0, 0.05) is 89.3 Å². The van der Waals surface area contributed by atoms with Crippen LogP contribution in [0.2, 0.25) is 0 Å². The Bertz CT molecular complexity index is 1410. The maximum atomic E-state index is 13.3. The zero-order valence-corrected chi connectivity index (χ0v) is 31.4. The van der Waals surface area contributed by atoms with Crippen LogP contribution in [-0.4, -0.2) is 105 Å². The summed E-state index contributed by atoms with van der Waals surface area (Å²) >= 11 is 0. The molecule has 9 heteroatoms. The van der Waals surface area contributed by atoms with Crippen LogP contribution >= 0.6 is 0 Å². The van der Waals surface area contributed by atoms with Gasteiger partial charge in [-0.3, -0.25) is 14.5 Å². The maximum absolute atomic E-state index is 13.3. The van der Waals surface area contributed by atoms with Crippen molar-refractivity contribution in [2.45, 2.75) is 129 Å². The fraction of sp³-hybridized carbons (Fsp3) is 0.683. The third-order valence-corrected chi connectivity index (χ3v) is 11.5. The van der Waals surface area contributed by atoms with Crippen molar-refractivity contribution in [1.29, 1.82) is 0 Å². The van der Waals surface area contributed by atoms with Crippen molar-refractivity contribution < 1.29 is 9.59 Å². The van der Waals surface area contributed by atoms with E-state index in [9.17, 15) is 9.59 Å². The number of hydrogen-bond donors (Lipinski definition) is 1. The largest absolute Gasteiger partial charge is 0.349 e. The Balaban J connectivity index is 1.07. The molecule has 1 aromatic heterocycles. The predicted molar refractivity (Wildman–Crippen MR) is 202 cm³/mol. The molecule has 2 amide bonds. The van der Waals surface area contributed by atoms with E-state index >= 15 is 0 Å². The number of aromatic nitrogens is 2. The number of imidazole rings is 1. The zero-order valence-electron chi connectivity index (χ0n) is 31.4. The van der Waals surface area contributed by atoms with Crippen molar-refractivity contribution >= 4 is 11.8 Å². The van der Waals surface area contributed by atoms with Gasteiger partial charge in [-0.15, -0.1) is 12.3 Å². The zero-order chi connectivity index (χ0) is 35.5. The molecule has 2 saturated heterocycles. The predicted octanol–water partition coefficient (Wildman–Crippen LogP) is 5.74. The molecule has 0 aliphatic carbocycles. The van der Waals surface area contributed by atoms with E-state index in [4.69, 9.17) is 11.4 Å². The molecular formula is C41H63N7O2. The van der Waals surface area contributed by atoms with E-state index in [1.807, 2.05) is 23.1 Å². The first kappa shape index (κ1) is 38.1. The Morgan fingerprint density at radius 3 is 2.36 bits per heavy atom. The molecule has 4 heterocycles. The summed E-state index contributed by atoms with van der Waals surface area (Å²) in [4.78, 5) is 40.2. The Kier molecular flexibility index (Phi) is 14.4. The number of rotatable bonds is 17. The molecule has 4 atom stereocenters. The third-order valence-electron chi connectivity index (χ3n) is 11.5. The normalized spacial score (nSPS) is 21.5. The van der Waals surface area contributed by atoms with E-state index in [0.29, 0.717) is 31.1 Å². The number of fused-ring (bicyclic) bond motifs is 1. The summed E-state index contributed by atoms with van der Waals surface area (Å²) in [5.41, 5.74) is 3.58. The second-order valence-electron chi connectivity index (χ2n) is 15.1. The summed E-state index contributed by atoms with van der Waals surface area (Å²) in [5, 5.41) is 3.19. The van der Waals surface area contributed by atoms with Crippen molar-refractivity contribution in [1.82, 2.24) is 34.5 Å². The SMILES string of the molecule is C#CCCCCN1CCN(CCCCC(=O)N2CCc3c(nc(C)n3C(C)CC3CCC(C)N3CCC(NC(C)=O)c3ccccc3)C2)CC1. The quantitative estimate of drug-likeness (QED) is 0.169. The molecule has 0 radical (unpaired) electrons. The molecule has 4 unspecified atom stereocenters. The minimum Gasteiger partial charge on any atom is -0.349 e. The van der Waals surface area contributed by atoms with Gasteiger partial charge in [0.1, 0.15) is 5.82 Å².